The molecule has 0 spiro atoms. The number of rotatable bonds is 7. The van der Waals surface area contributed by atoms with Crippen LogP contribution in [0.3, 0.4) is 0 Å². The van der Waals surface area contributed by atoms with Crippen LogP contribution in [-0.4, -0.2) is 21.1 Å². The maximum Gasteiger partial charge on any atom is 0.157 e. The van der Waals surface area contributed by atoms with Crippen LogP contribution in [0.5, 0.6) is 0 Å². The van der Waals surface area contributed by atoms with Crippen LogP contribution >= 0.6 is 0 Å². The summed E-state index contributed by atoms with van der Waals surface area (Å²) in [5.74, 6) is 1.01. The molecule has 0 amide bonds. The number of aromatic nitrogens is 3. The van der Waals surface area contributed by atoms with Crippen molar-refractivity contribution in [3.05, 3.63) is 30.1 Å². The molecular formula is C15H22N4. The fourth-order valence-corrected chi connectivity index (χ4v) is 1.92. The highest BCUT2D eigenvalue weighted by molar-refractivity contribution is 5.57. The maximum absolute atomic E-state index is 4.58. The molecule has 19 heavy (non-hydrogen) atoms. The van der Waals surface area contributed by atoms with Crippen molar-refractivity contribution in [1.29, 1.82) is 0 Å². The number of fused-ring (bicyclic) bond motifs is 1. The molecule has 0 saturated carbocycles. The van der Waals surface area contributed by atoms with Gasteiger partial charge < -0.3 is 5.32 Å². The van der Waals surface area contributed by atoms with Crippen molar-refractivity contribution in [1.82, 2.24) is 14.6 Å². The molecule has 2 aromatic rings. The molecule has 4 nitrogen and oxygen atoms in total. The summed E-state index contributed by atoms with van der Waals surface area (Å²) in [6.07, 6.45) is 10.7. The Bertz CT molecular complexity index is 542. The first-order chi connectivity index (χ1) is 9.35. The summed E-state index contributed by atoms with van der Waals surface area (Å²) in [5.41, 5.74) is 1.87. The SMILES string of the molecule is CCCC/C=C/c1cc(NCCC)n2nccc2n1. The predicted molar refractivity (Wildman–Crippen MR) is 80.3 cm³/mol. The number of hydrogen-bond acceptors (Lipinski definition) is 3. The Hall–Kier alpha value is -1.84. The Kier molecular flexibility index (Phi) is 4.95. The molecule has 102 valence electrons. The third-order valence-electron chi connectivity index (χ3n) is 2.95. The van der Waals surface area contributed by atoms with Crippen LogP contribution in [0.25, 0.3) is 11.7 Å². The van der Waals surface area contributed by atoms with Gasteiger partial charge in [0.2, 0.25) is 0 Å². The number of nitrogens with one attached hydrogen (secondary N) is 1. The number of nitrogens with zero attached hydrogens (tertiary/aromatic N) is 3. The fourth-order valence-electron chi connectivity index (χ4n) is 1.92. The second-order valence-electron chi connectivity index (χ2n) is 4.64. The van der Waals surface area contributed by atoms with Gasteiger partial charge in [0.1, 0.15) is 5.82 Å². The van der Waals surface area contributed by atoms with E-state index in [1.165, 1.54) is 12.8 Å². The Morgan fingerprint density at radius 2 is 2.21 bits per heavy atom. The minimum Gasteiger partial charge on any atom is -0.370 e. The normalized spacial score (nSPS) is 11.5. The van der Waals surface area contributed by atoms with E-state index in [0.29, 0.717) is 0 Å². The van der Waals surface area contributed by atoms with Crippen LogP contribution in [0.4, 0.5) is 5.82 Å². The molecule has 0 aliphatic heterocycles. The summed E-state index contributed by atoms with van der Waals surface area (Å²) in [5, 5.41) is 7.68. The Morgan fingerprint density at radius 1 is 1.32 bits per heavy atom. The van der Waals surface area contributed by atoms with Crippen LogP contribution in [0.1, 0.15) is 45.2 Å². The summed E-state index contributed by atoms with van der Waals surface area (Å²) in [6, 6.07) is 3.98. The van der Waals surface area contributed by atoms with Gasteiger partial charge in [-0.3, -0.25) is 0 Å². The molecule has 2 heterocycles. The summed E-state index contributed by atoms with van der Waals surface area (Å²) < 4.78 is 1.85. The van der Waals surface area contributed by atoms with E-state index in [4.69, 9.17) is 0 Å². The van der Waals surface area contributed by atoms with Crippen LogP contribution in [0.15, 0.2) is 24.4 Å². The van der Waals surface area contributed by atoms with Gasteiger partial charge >= 0.3 is 0 Å². The number of anilines is 1. The van der Waals surface area contributed by atoms with Crippen molar-refractivity contribution in [3.8, 4) is 0 Å². The topological polar surface area (TPSA) is 42.2 Å². The molecule has 2 aromatic heterocycles. The first-order valence-electron chi connectivity index (χ1n) is 7.10. The Balaban J connectivity index is 2.21. The number of allylic oxidation sites excluding steroid dienone is 1. The molecule has 2 rings (SSSR count). The van der Waals surface area contributed by atoms with Gasteiger partial charge in [0.25, 0.3) is 0 Å². The second-order valence-corrected chi connectivity index (χ2v) is 4.64. The lowest BCUT2D eigenvalue weighted by Gasteiger charge is -2.08. The van der Waals surface area contributed by atoms with Crippen molar-refractivity contribution in [2.45, 2.75) is 39.5 Å². The zero-order chi connectivity index (χ0) is 13.5. The van der Waals surface area contributed by atoms with Gasteiger partial charge in [0, 0.05) is 18.7 Å². The molecule has 0 saturated heterocycles. The lowest BCUT2D eigenvalue weighted by molar-refractivity contribution is 0.816. The lowest BCUT2D eigenvalue weighted by Crippen LogP contribution is -2.07. The van der Waals surface area contributed by atoms with Gasteiger partial charge in [0.05, 0.1) is 11.9 Å². The zero-order valence-electron chi connectivity index (χ0n) is 11.8. The van der Waals surface area contributed by atoms with Crippen molar-refractivity contribution in [2.24, 2.45) is 0 Å². The number of hydrogen-bond donors (Lipinski definition) is 1. The minimum absolute atomic E-state index is 0.885. The molecule has 1 N–H and O–H groups in total. The van der Waals surface area contributed by atoms with Crippen LogP contribution in [-0.2, 0) is 0 Å². The molecule has 0 aliphatic carbocycles. The molecule has 0 bridgehead atoms. The van der Waals surface area contributed by atoms with Gasteiger partial charge in [-0.05, 0) is 18.9 Å². The second kappa shape index (κ2) is 6.92. The van der Waals surface area contributed by atoms with E-state index in [9.17, 15) is 0 Å². The van der Waals surface area contributed by atoms with Crippen LogP contribution in [0, 0.1) is 0 Å². The molecule has 0 aliphatic rings. The van der Waals surface area contributed by atoms with Gasteiger partial charge in [0.15, 0.2) is 5.65 Å². The summed E-state index contributed by atoms with van der Waals surface area (Å²) in [7, 11) is 0. The molecule has 0 radical (unpaired) electrons. The van der Waals surface area contributed by atoms with E-state index in [1.54, 1.807) is 6.20 Å². The molecular weight excluding hydrogens is 236 g/mol. The van der Waals surface area contributed by atoms with Crippen molar-refractivity contribution >= 4 is 17.5 Å². The summed E-state index contributed by atoms with van der Waals surface area (Å²) >= 11 is 0. The highest BCUT2D eigenvalue weighted by Crippen LogP contribution is 2.14. The average molecular weight is 258 g/mol. The first-order valence-corrected chi connectivity index (χ1v) is 7.10. The smallest absolute Gasteiger partial charge is 0.157 e. The Labute approximate surface area is 114 Å². The number of unbranched alkanes of at least 4 members (excludes halogenated alkanes) is 2. The predicted octanol–water partition coefficient (Wildman–Crippen LogP) is 3.75. The van der Waals surface area contributed by atoms with E-state index in [0.717, 1.165) is 36.5 Å². The monoisotopic (exact) mass is 258 g/mol. The van der Waals surface area contributed by atoms with Gasteiger partial charge in [-0.1, -0.05) is 32.8 Å². The summed E-state index contributed by atoms with van der Waals surface area (Å²) in [4.78, 5) is 4.58. The van der Waals surface area contributed by atoms with E-state index in [-0.39, 0.29) is 0 Å². The lowest BCUT2D eigenvalue weighted by atomic mass is 10.2. The van der Waals surface area contributed by atoms with Gasteiger partial charge in [-0.25, -0.2) is 4.98 Å². The third-order valence-corrected chi connectivity index (χ3v) is 2.95. The van der Waals surface area contributed by atoms with Gasteiger partial charge in [-0.2, -0.15) is 9.61 Å². The summed E-state index contributed by atoms with van der Waals surface area (Å²) in [6.45, 7) is 5.30. The van der Waals surface area contributed by atoms with Crippen molar-refractivity contribution in [2.75, 3.05) is 11.9 Å². The molecule has 0 unspecified atom stereocenters. The highest BCUT2D eigenvalue weighted by Gasteiger charge is 2.03. The van der Waals surface area contributed by atoms with Crippen molar-refractivity contribution in [3.63, 3.8) is 0 Å². The van der Waals surface area contributed by atoms with E-state index < -0.39 is 0 Å². The maximum atomic E-state index is 4.58. The van der Waals surface area contributed by atoms with E-state index in [2.05, 4.69) is 47.5 Å². The molecule has 0 aromatic carbocycles. The zero-order valence-corrected chi connectivity index (χ0v) is 11.8. The third kappa shape index (κ3) is 3.56. The molecule has 4 heteroatoms. The highest BCUT2D eigenvalue weighted by atomic mass is 15.3. The van der Waals surface area contributed by atoms with E-state index >= 15 is 0 Å². The molecule has 0 fully saturated rings. The van der Waals surface area contributed by atoms with E-state index in [1.807, 2.05) is 10.6 Å². The van der Waals surface area contributed by atoms with Gasteiger partial charge in [-0.15, -0.1) is 0 Å². The first kappa shape index (κ1) is 13.6. The minimum atomic E-state index is 0.885. The Morgan fingerprint density at radius 3 is 3.00 bits per heavy atom. The van der Waals surface area contributed by atoms with Crippen LogP contribution in [0.2, 0.25) is 0 Å². The fraction of sp³-hybridized carbons (Fsp3) is 0.467. The largest absolute Gasteiger partial charge is 0.370 e. The van der Waals surface area contributed by atoms with Crippen LogP contribution < -0.4 is 5.32 Å². The van der Waals surface area contributed by atoms with Crippen molar-refractivity contribution < 1.29 is 0 Å². The standard InChI is InChI=1S/C15H22N4/c1-3-5-6-7-8-13-12-15(16-10-4-2)19-14(18-13)9-11-17-19/h7-9,11-12,16H,3-6,10H2,1-2H3/b8-7+. The molecule has 0 atom stereocenters. The average Bonchev–Trinajstić information content (AvgIpc) is 2.89. The quantitative estimate of drug-likeness (QED) is 0.769.